The van der Waals surface area contributed by atoms with Gasteiger partial charge >= 0.3 is 0 Å². The molecule has 2 heterocycles. The van der Waals surface area contributed by atoms with Gasteiger partial charge in [0.1, 0.15) is 6.61 Å². The zero-order valence-corrected chi connectivity index (χ0v) is 14.7. The van der Waals surface area contributed by atoms with Crippen LogP contribution in [-0.4, -0.2) is 73.7 Å². The number of ether oxygens (including phenoxy) is 2. The van der Waals surface area contributed by atoms with Crippen LogP contribution < -0.4 is 0 Å². The van der Waals surface area contributed by atoms with Gasteiger partial charge in [0, 0.05) is 45.4 Å². The Hall–Kier alpha value is -1.14. The molecular weight excluding hydrogens is 308 g/mol. The molecule has 0 spiro atoms. The number of rotatable bonds is 5. The summed E-state index contributed by atoms with van der Waals surface area (Å²) in [5, 5.41) is 0. The molecular formula is C18H30N2O4. The van der Waals surface area contributed by atoms with Crippen molar-refractivity contribution in [1.29, 1.82) is 0 Å². The van der Waals surface area contributed by atoms with Gasteiger partial charge in [-0.3, -0.25) is 9.59 Å². The SMILES string of the molecule is COCC(=O)N(C1CCOCC1)C1CCN(C(=O)C2CCCC2)C1. The maximum Gasteiger partial charge on any atom is 0.249 e. The molecule has 6 nitrogen and oxygen atoms in total. The minimum atomic E-state index is 0.0459. The normalized spacial score (nSPS) is 26.0. The average molecular weight is 338 g/mol. The molecule has 3 aliphatic rings. The second-order valence-electron chi connectivity index (χ2n) is 7.29. The van der Waals surface area contributed by atoms with E-state index in [4.69, 9.17) is 9.47 Å². The summed E-state index contributed by atoms with van der Waals surface area (Å²) in [5.74, 6) is 0.570. The van der Waals surface area contributed by atoms with Gasteiger partial charge in [-0.2, -0.15) is 0 Å². The zero-order chi connectivity index (χ0) is 16.9. The standard InChI is InChI=1S/C18H30N2O4/c1-23-13-17(21)20(15-7-10-24-11-8-15)16-6-9-19(12-16)18(22)14-4-2-3-5-14/h14-16H,2-13H2,1H3. The van der Waals surface area contributed by atoms with Crippen molar-refractivity contribution in [2.75, 3.05) is 40.0 Å². The second kappa shape index (κ2) is 8.30. The highest BCUT2D eigenvalue weighted by molar-refractivity contribution is 5.80. The smallest absolute Gasteiger partial charge is 0.249 e. The van der Waals surface area contributed by atoms with Crippen molar-refractivity contribution in [3.05, 3.63) is 0 Å². The van der Waals surface area contributed by atoms with Gasteiger partial charge in [0.05, 0.1) is 6.04 Å². The molecule has 0 aromatic heterocycles. The monoisotopic (exact) mass is 338 g/mol. The van der Waals surface area contributed by atoms with Crippen molar-refractivity contribution in [1.82, 2.24) is 9.80 Å². The van der Waals surface area contributed by atoms with Crippen molar-refractivity contribution in [2.45, 2.75) is 57.0 Å². The quantitative estimate of drug-likeness (QED) is 0.761. The summed E-state index contributed by atoms with van der Waals surface area (Å²) >= 11 is 0. The summed E-state index contributed by atoms with van der Waals surface area (Å²) in [6.45, 7) is 2.99. The number of hydrogen-bond donors (Lipinski definition) is 0. The van der Waals surface area contributed by atoms with Crippen LogP contribution >= 0.6 is 0 Å². The Kier molecular flexibility index (Phi) is 6.11. The number of likely N-dealkylation sites (tertiary alicyclic amines) is 1. The van der Waals surface area contributed by atoms with E-state index in [0.717, 1.165) is 38.6 Å². The van der Waals surface area contributed by atoms with E-state index < -0.39 is 0 Å². The molecule has 3 fully saturated rings. The number of carbonyl (C=O) groups excluding carboxylic acids is 2. The molecule has 3 rings (SSSR count). The highest BCUT2D eigenvalue weighted by Gasteiger charge is 2.38. The van der Waals surface area contributed by atoms with Crippen LogP contribution in [0.2, 0.25) is 0 Å². The van der Waals surface area contributed by atoms with Crippen molar-refractivity contribution >= 4 is 11.8 Å². The van der Waals surface area contributed by atoms with Gasteiger partial charge in [0.15, 0.2) is 0 Å². The molecule has 6 heteroatoms. The summed E-state index contributed by atoms with van der Waals surface area (Å²) in [5.41, 5.74) is 0. The minimum absolute atomic E-state index is 0.0459. The average Bonchev–Trinajstić information content (AvgIpc) is 3.28. The molecule has 0 aromatic rings. The van der Waals surface area contributed by atoms with Gasteiger partial charge < -0.3 is 19.3 Å². The van der Waals surface area contributed by atoms with Crippen LogP contribution in [0.5, 0.6) is 0 Å². The molecule has 0 N–H and O–H groups in total. The van der Waals surface area contributed by atoms with Crippen LogP contribution in [0, 0.1) is 5.92 Å². The third kappa shape index (κ3) is 3.91. The van der Waals surface area contributed by atoms with Gasteiger partial charge in [-0.1, -0.05) is 12.8 Å². The van der Waals surface area contributed by atoms with E-state index in [1.165, 1.54) is 12.8 Å². The van der Waals surface area contributed by atoms with Crippen LogP contribution in [-0.2, 0) is 19.1 Å². The number of nitrogens with zero attached hydrogens (tertiary/aromatic N) is 2. The van der Waals surface area contributed by atoms with Gasteiger partial charge in [0.25, 0.3) is 0 Å². The third-order valence-electron chi connectivity index (χ3n) is 5.71. The fourth-order valence-electron chi connectivity index (χ4n) is 4.47. The van der Waals surface area contributed by atoms with E-state index in [0.29, 0.717) is 25.7 Å². The molecule has 24 heavy (non-hydrogen) atoms. The molecule has 1 atom stereocenters. The Bertz CT molecular complexity index is 444. The lowest BCUT2D eigenvalue weighted by molar-refractivity contribution is -0.143. The molecule has 0 bridgehead atoms. The first-order chi connectivity index (χ1) is 11.7. The van der Waals surface area contributed by atoms with Gasteiger partial charge in [0.2, 0.25) is 11.8 Å². The molecule has 1 aliphatic carbocycles. The predicted octanol–water partition coefficient (Wildman–Crippen LogP) is 1.43. The molecule has 1 saturated carbocycles. The van der Waals surface area contributed by atoms with E-state index >= 15 is 0 Å². The maximum atomic E-state index is 12.7. The molecule has 2 aliphatic heterocycles. The summed E-state index contributed by atoms with van der Waals surface area (Å²) in [7, 11) is 1.56. The van der Waals surface area contributed by atoms with Gasteiger partial charge in [-0.25, -0.2) is 0 Å². The Labute approximate surface area is 144 Å². The Balaban J connectivity index is 1.64. The Morgan fingerprint density at radius 1 is 1.08 bits per heavy atom. The molecule has 136 valence electrons. The molecule has 2 saturated heterocycles. The van der Waals surface area contributed by atoms with Crippen LogP contribution in [0.1, 0.15) is 44.9 Å². The van der Waals surface area contributed by atoms with E-state index in [2.05, 4.69) is 0 Å². The van der Waals surface area contributed by atoms with E-state index in [9.17, 15) is 9.59 Å². The molecule has 2 amide bonds. The molecule has 0 radical (unpaired) electrons. The lowest BCUT2D eigenvalue weighted by Gasteiger charge is -2.38. The first-order valence-electron chi connectivity index (χ1n) is 9.37. The lowest BCUT2D eigenvalue weighted by Crippen LogP contribution is -2.51. The third-order valence-corrected chi connectivity index (χ3v) is 5.71. The van der Waals surface area contributed by atoms with Gasteiger partial charge in [-0.05, 0) is 32.1 Å². The van der Waals surface area contributed by atoms with Crippen LogP contribution in [0.4, 0.5) is 0 Å². The molecule has 1 unspecified atom stereocenters. The van der Waals surface area contributed by atoms with Crippen molar-refractivity contribution in [3.63, 3.8) is 0 Å². The summed E-state index contributed by atoms with van der Waals surface area (Å²) in [6, 6.07) is 0.342. The Morgan fingerprint density at radius 3 is 2.46 bits per heavy atom. The first-order valence-corrected chi connectivity index (χ1v) is 9.37. The van der Waals surface area contributed by atoms with Crippen molar-refractivity contribution < 1.29 is 19.1 Å². The maximum absolute atomic E-state index is 12.7. The fraction of sp³-hybridized carbons (Fsp3) is 0.889. The topological polar surface area (TPSA) is 59.1 Å². The molecule has 0 aromatic carbocycles. The predicted molar refractivity (Wildman–Crippen MR) is 89.5 cm³/mol. The van der Waals surface area contributed by atoms with Crippen LogP contribution in [0.25, 0.3) is 0 Å². The first kappa shape index (κ1) is 17.7. The summed E-state index contributed by atoms with van der Waals surface area (Å²) in [6.07, 6.45) is 7.05. The summed E-state index contributed by atoms with van der Waals surface area (Å²) in [4.78, 5) is 29.3. The highest BCUT2D eigenvalue weighted by Crippen LogP contribution is 2.29. The fourth-order valence-corrected chi connectivity index (χ4v) is 4.47. The minimum Gasteiger partial charge on any atom is -0.381 e. The number of methoxy groups -OCH3 is 1. The second-order valence-corrected chi connectivity index (χ2v) is 7.29. The van der Waals surface area contributed by atoms with Crippen LogP contribution in [0.15, 0.2) is 0 Å². The number of hydrogen-bond acceptors (Lipinski definition) is 4. The van der Waals surface area contributed by atoms with Gasteiger partial charge in [-0.15, -0.1) is 0 Å². The van der Waals surface area contributed by atoms with E-state index in [-0.39, 0.29) is 30.5 Å². The number of carbonyl (C=O) groups is 2. The lowest BCUT2D eigenvalue weighted by atomic mass is 10.0. The number of amides is 2. The highest BCUT2D eigenvalue weighted by atomic mass is 16.5. The van der Waals surface area contributed by atoms with Crippen molar-refractivity contribution in [2.24, 2.45) is 5.92 Å². The van der Waals surface area contributed by atoms with Crippen LogP contribution in [0.3, 0.4) is 0 Å². The van der Waals surface area contributed by atoms with E-state index in [1.54, 1.807) is 7.11 Å². The van der Waals surface area contributed by atoms with Crippen molar-refractivity contribution in [3.8, 4) is 0 Å². The summed E-state index contributed by atoms with van der Waals surface area (Å²) < 4.78 is 10.5. The Morgan fingerprint density at radius 2 is 1.79 bits per heavy atom. The largest absolute Gasteiger partial charge is 0.381 e. The van der Waals surface area contributed by atoms with E-state index in [1.807, 2.05) is 9.80 Å². The zero-order valence-electron chi connectivity index (χ0n) is 14.7.